The standard InChI is InChI=1S/C15H13F2N3O/c1-8-15(20-13-6-9(16)2-4-11(13)17)19-12-5-3-10(18)7-14(12)21-8/h2-8H,18H2,1H3,(H,19,20). The first-order chi connectivity index (χ1) is 10.0. The Hall–Kier alpha value is -2.63. The van der Waals surface area contributed by atoms with Crippen LogP contribution in [-0.4, -0.2) is 11.9 Å². The maximum Gasteiger partial charge on any atom is 0.153 e. The van der Waals surface area contributed by atoms with Crippen LogP contribution in [0.3, 0.4) is 0 Å². The highest BCUT2D eigenvalue weighted by Gasteiger charge is 2.21. The lowest BCUT2D eigenvalue weighted by Crippen LogP contribution is -2.32. The molecule has 0 aromatic heterocycles. The monoisotopic (exact) mass is 289 g/mol. The summed E-state index contributed by atoms with van der Waals surface area (Å²) in [6, 6.07) is 8.27. The van der Waals surface area contributed by atoms with Crippen molar-refractivity contribution in [3.63, 3.8) is 0 Å². The van der Waals surface area contributed by atoms with Gasteiger partial charge in [-0.3, -0.25) is 0 Å². The Morgan fingerprint density at radius 1 is 1.19 bits per heavy atom. The lowest BCUT2D eigenvalue weighted by molar-refractivity contribution is 0.283. The van der Waals surface area contributed by atoms with Crippen molar-refractivity contribution in [2.45, 2.75) is 13.0 Å². The summed E-state index contributed by atoms with van der Waals surface area (Å²) in [6.45, 7) is 1.76. The van der Waals surface area contributed by atoms with Crippen molar-refractivity contribution in [1.82, 2.24) is 0 Å². The maximum atomic E-state index is 13.7. The van der Waals surface area contributed by atoms with Gasteiger partial charge in [0.05, 0.1) is 5.69 Å². The highest BCUT2D eigenvalue weighted by Crippen LogP contribution is 2.34. The molecule has 3 rings (SSSR count). The largest absolute Gasteiger partial charge is 0.480 e. The topological polar surface area (TPSA) is 59.6 Å². The van der Waals surface area contributed by atoms with Gasteiger partial charge in [-0.15, -0.1) is 0 Å². The summed E-state index contributed by atoms with van der Waals surface area (Å²) in [5.41, 5.74) is 6.86. The van der Waals surface area contributed by atoms with Crippen LogP contribution < -0.4 is 15.8 Å². The van der Waals surface area contributed by atoms with Gasteiger partial charge in [-0.25, -0.2) is 13.8 Å². The summed E-state index contributed by atoms with van der Waals surface area (Å²) >= 11 is 0. The van der Waals surface area contributed by atoms with E-state index in [2.05, 4.69) is 10.3 Å². The Balaban J connectivity index is 1.95. The molecule has 21 heavy (non-hydrogen) atoms. The van der Waals surface area contributed by atoms with Crippen LogP contribution in [0.25, 0.3) is 0 Å². The van der Waals surface area contributed by atoms with Gasteiger partial charge in [0.25, 0.3) is 0 Å². The number of aliphatic imine (C=N–C) groups is 1. The van der Waals surface area contributed by atoms with Crippen LogP contribution in [0.1, 0.15) is 6.92 Å². The van der Waals surface area contributed by atoms with E-state index >= 15 is 0 Å². The van der Waals surface area contributed by atoms with E-state index in [0.29, 0.717) is 23.0 Å². The number of nitrogen functional groups attached to an aromatic ring is 1. The third-order valence-electron chi connectivity index (χ3n) is 3.10. The number of nitrogens with zero attached hydrogens (tertiary/aromatic N) is 1. The second-order valence-corrected chi connectivity index (χ2v) is 4.73. The number of hydrogen-bond acceptors (Lipinski definition) is 4. The molecule has 4 nitrogen and oxygen atoms in total. The SMILES string of the molecule is CC1Oc2cc(N)ccc2N=C1Nc1cc(F)ccc1F. The molecule has 1 aliphatic heterocycles. The molecular formula is C15H13F2N3O. The van der Waals surface area contributed by atoms with E-state index in [9.17, 15) is 8.78 Å². The Morgan fingerprint density at radius 2 is 2.00 bits per heavy atom. The third kappa shape index (κ3) is 2.65. The number of halogens is 2. The van der Waals surface area contributed by atoms with Crippen LogP contribution in [0.15, 0.2) is 41.4 Å². The van der Waals surface area contributed by atoms with Gasteiger partial charge in [0.1, 0.15) is 28.9 Å². The minimum Gasteiger partial charge on any atom is -0.480 e. The molecular weight excluding hydrogens is 276 g/mol. The van der Waals surface area contributed by atoms with Gasteiger partial charge < -0.3 is 15.8 Å². The first-order valence-electron chi connectivity index (χ1n) is 6.40. The highest BCUT2D eigenvalue weighted by molar-refractivity contribution is 6.01. The summed E-state index contributed by atoms with van der Waals surface area (Å²) in [5.74, 6) is -0.129. The molecule has 0 bridgehead atoms. The fraction of sp³-hybridized carbons (Fsp3) is 0.133. The maximum absolute atomic E-state index is 13.7. The van der Waals surface area contributed by atoms with Crippen molar-refractivity contribution in [3.8, 4) is 5.75 Å². The lowest BCUT2D eigenvalue weighted by Gasteiger charge is -2.24. The Morgan fingerprint density at radius 3 is 2.81 bits per heavy atom. The number of rotatable bonds is 1. The van der Waals surface area contributed by atoms with E-state index in [0.717, 1.165) is 18.2 Å². The predicted molar refractivity (Wildman–Crippen MR) is 78.0 cm³/mol. The molecule has 0 radical (unpaired) electrons. The molecule has 1 aliphatic rings. The van der Waals surface area contributed by atoms with Crippen LogP contribution in [0.5, 0.6) is 5.75 Å². The second-order valence-electron chi connectivity index (χ2n) is 4.73. The van der Waals surface area contributed by atoms with Crippen molar-refractivity contribution in [3.05, 3.63) is 48.0 Å². The number of nitrogens with one attached hydrogen (secondary N) is 1. The normalized spacial score (nSPS) is 16.7. The van der Waals surface area contributed by atoms with Gasteiger partial charge in [0.2, 0.25) is 0 Å². The number of hydrogen-bond donors (Lipinski definition) is 2. The van der Waals surface area contributed by atoms with E-state index in [1.807, 2.05) is 0 Å². The number of nitrogens with two attached hydrogens (primary N) is 1. The Labute approximate surface area is 120 Å². The quantitative estimate of drug-likeness (QED) is 0.790. The second kappa shape index (κ2) is 5.05. The molecule has 6 heteroatoms. The molecule has 0 amide bonds. The van der Waals surface area contributed by atoms with Crippen molar-refractivity contribution < 1.29 is 13.5 Å². The van der Waals surface area contributed by atoms with Crippen LogP contribution >= 0.6 is 0 Å². The first kappa shape index (κ1) is 13.4. The van der Waals surface area contributed by atoms with Crippen LogP contribution in [-0.2, 0) is 0 Å². The molecule has 1 heterocycles. The molecule has 1 unspecified atom stereocenters. The van der Waals surface area contributed by atoms with Crippen LogP contribution in [0.2, 0.25) is 0 Å². The van der Waals surface area contributed by atoms with E-state index in [-0.39, 0.29) is 5.69 Å². The highest BCUT2D eigenvalue weighted by atomic mass is 19.1. The van der Waals surface area contributed by atoms with Gasteiger partial charge in [-0.2, -0.15) is 0 Å². The molecule has 0 aliphatic carbocycles. The molecule has 108 valence electrons. The first-order valence-corrected chi connectivity index (χ1v) is 6.40. The number of ether oxygens (including phenoxy) is 1. The number of anilines is 2. The average Bonchev–Trinajstić information content (AvgIpc) is 2.44. The van der Waals surface area contributed by atoms with E-state index in [1.165, 1.54) is 0 Å². The summed E-state index contributed by atoms with van der Waals surface area (Å²) in [6.07, 6.45) is -0.429. The van der Waals surface area contributed by atoms with Crippen molar-refractivity contribution in [2.75, 3.05) is 11.1 Å². The van der Waals surface area contributed by atoms with Crippen molar-refractivity contribution >= 4 is 22.9 Å². The van der Waals surface area contributed by atoms with E-state index in [4.69, 9.17) is 10.5 Å². The zero-order valence-corrected chi connectivity index (χ0v) is 11.2. The fourth-order valence-electron chi connectivity index (χ4n) is 2.05. The molecule has 0 saturated carbocycles. The summed E-state index contributed by atoms with van der Waals surface area (Å²) in [5, 5.41) is 2.77. The minimum atomic E-state index is -0.561. The average molecular weight is 289 g/mol. The number of benzene rings is 2. The van der Waals surface area contributed by atoms with Crippen LogP contribution in [0.4, 0.5) is 25.8 Å². The molecule has 1 atom stereocenters. The predicted octanol–water partition coefficient (Wildman–Crippen LogP) is 3.47. The van der Waals surface area contributed by atoms with Gasteiger partial charge in [-0.1, -0.05) is 0 Å². The zero-order valence-electron chi connectivity index (χ0n) is 11.2. The van der Waals surface area contributed by atoms with Crippen LogP contribution in [0, 0.1) is 11.6 Å². The molecule has 0 spiro atoms. The number of amidine groups is 1. The van der Waals surface area contributed by atoms with Gasteiger partial charge >= 0.3 is 0 Å². The minimum absolute atomic E-state index is 0.0168. The zero-order chi connectivity index (χ0) is 15.0. The molecule has 3 N–H and O–H groups in total. The molecule has 0 saturated heterocycles. The Bertz CT molecular complexity index is 731. The van der Waals surface area contributed by atoms with Gasteiger partial charge in [-0.05, 0) is 31.2 Å². The smallest absolute Gasteiger partial charge is 0.153 e. The van der Waals surface area contributed by atoms with E-state index in [1.54, 1.807) is 25.1 Å². The fourth-order valence-corrected chi connectivity index (χ4v) is 2.05. The molecule has 0 fully saturated rings. The summed E-state index contributed by atoms with van der Waals surface area (Å²) in [4.78, 5) is 4.37. The summed E-state index contributed by atoms with van der Waals surface area (Å²) < 4.78 is 32.5. The van der Waals surface area contributed by atoms with Crippen molar-refractivity contribution in [1.29, 1.82) is 0 Å². The third-order valence-corrected chi connectivity index (χ3v) is 3.10. The lowest BCUT2D eigenvalue weighted by atomic mass is 10.2. The molecule has 2 aromatic rings. The number of fused-ring (bicyclic) bond motifs is 1. The van der Waals surface area contributed by atoms with Gasteiger partial charge in [0.15, 0.2) is 6.10 Å². The summed E-state index contributed by atoms with van der Waals surface area (Å²) in [7, 11) is 0. The van der Waals surface area contributed by atoms with Crippen molar-refractivity contribution in [2.24, 2.45) is 4.99 Å². The van der Waals surface area contributed by atoms with Gasteiger partial charge in [0, 0.05) is 17.8 Å². The van der Waals surface area contributed by atoms with E-state index < -0.39 is 17.7 Å². The molecule has 2 aromatic carbocycles. The Kier molecular flexibility index (Phi) is 3.21.